The van der Waals surface area contributed by atoms with Crippen molar-refractivity contribution in [3.63, 3.8) is 0 Å². The van der Waals surface area contributed by atoms with E-state index >= 15 is 0 Å². The molecule has 0 saturated carbocycles. The third-order valence-corrected chi connectivity index (χ3v) is 4.65. The predicted octanol–water partition coefficient (Wildman–Crippen LogP) is 4.41. The van der Waals surface area contributed by atoms with Gasteiger partial charge in [-0.05, 0) is 37.1 Å². The SMILES string of the molecule is C=C(C(=O)OC)c1[nH]c2ccccc2c1CCN1C=CCC(CC)=C1. The molecule has 0 saturated heterocycles. The maximum Gasteiger partial charge on any atom is 0.339 e. The molecule has 4 nitrogen and oxygen atoms in total. The maximum absolute atomic E-state index is 12.0. The lowest BCUT2D eigenvalue weighted by Gasteiger charge is -2.21. The number of para-hydroxylation sites is 1. The third-order valence-electron chi connectivity index (χ3n) is 4.65. The summed E-state index contributed by atoms with van der Waals surface area (Å²) in [6.07, 6.45) is 9.46. The van der Waals surface area contributed by atoms with Gasteiger partial charge in [0.05, 0.1) is 18.4 Å². The number of rotatable bonds is 6. The Hall–Kier alpha value is -2.75. The number of fused-ring (bicyclic) bond motifs is 1. The first-order valence-electron chi connectivity index (χ1n) is 8.63. The van der Waals surface area contributed by atoms with Gasteiger partial charge >= 0.3 is 5.97 Å². The molecular weight excluding hydrogens is 312 g/mol. The fraction of sp³-hybridized carbons (Fsp3) is 0.286. The van der Waals surface area contributed by atoms with Crippen molar-refractivity contribution in [3.8, 4) is 0 Å². The first-order valence-corrected chi connectivity index (χ1v) is 8.63. The first-order chi connectivity index (χ1) is 12.1. The predicted molar refractivity (Wildman–Crippen MR) is 102 cm³/mol. The molecule has 1 N–H and O–H groups in total. The fourth-order valence-corrected chi connectivity index (χ4v) is 3.23. The van der Waals surface area contributed by atoms with Crippen LogP contribution in [-0.2, 0) is 16.0 Å². The maximum atomic E-state index is 12.0. The van der Waals surface area contributed by atoms with Crippen LogP contribution in [0.5, 0.6) is 0 Å². The lowest BCUT2D eigenvalue weighted by Crippen LogP contribution is -2.17. The Labute approximate surface area is 148 Å². The van der Waals surface area contributed by atoms with Gasteiger partial charge in [0.2, 0.25) is 0 Å². The minimum absolute atomic E-state index is 0.368. The van der Waals surface area contributed by atoms with Crippen molar-refractivity contribution in [3.05, 3.63) is 66.2 Å². The molecule has 1 aromatic carbocycles. The number of allylic oxidation sites excluding steroid dienone is 2. The lowest BCUT2D eigenvalue weighted by atomic mass is 10.0. The highest BCUT2D eigenvalue weighted by Gasteiger charge is 2.19. The van der Waals surface area contributed by atoms with Gasteiger partial charge < -0.3 is 14.6 Å². The van der Waals surface area contributed by atoms with E-state index in [9.17, 15) is 4.79 Å². The molecule has 2 heterocycles. The van der Waals surface area contributed by atoms with Crippen molar-refractivity contribution in [1.82, 2.24) is 9.88 Å². The molecule has 0 aliphatic carbocycles. The van der Waals surface area contributed by atoms with E-state index in [1.54, 1.807) is 0 Å². The number of H-pyrrole nitrogens is 1. The molecule has 0 unspecified atom stereocenters. The second-order valence-corrected chi connectivity index (χ2v) is 6.21. The molecular formula is C21H24N2O2. The highest BCUT2D eigenvalue weighted by atomic mass is 16.5. The highest BCUT2D eigenvalue weighted by molar-refractivity contribution is 6.16. The summed E-state index contributed by atoms with van der Waals surface area (Å²) in [5.41, 5.74) is 4.69. The van der Waals surface area contributed by atoms with E-state index < -0.39 is 5.97 Å². The normalized spacial score (nSPS) is 13.8. The van der Waals surface area contributed by atoms with Gasteiger partial charge in [-0.15, -0.1) is 0 Å². The van der Waals surface area contributed by atoms with Gasteiger partial charge in [0, 0.05) is 23.6 Å². The molecule has 1 aromatic heterocycles. The minimum Gasteiger partial charge on any atom is -0.465 e. The van der Waals surface area contributed by atoms with E-state index in [2.05, 4.69) is 47.9 Å². The summed E-state index contributed by atoms with van der Waals surface area (Å²) in [6.45, 7) is 6.96. The quantitative estimate of drug-likeness (QED) is 0.628. The van der Waals surface area contributed by atoms with Crippen molar-refractivity contribution < 1.29 is 9.53 Å². The Morgan fingerprint density at radius 3 is 2.92 bits per heavy atom. The molecule has 4 heteroatoms. The van der Waals surface area contributed by atoms with Gasteiger partial charge in [0.1, 0.15) is 0 Å². The van der Waals surface area contributed by atoms with Crippen molar-refractivity contribution in [2.45, 2.75) is 26.2 Å². The van der Waals surface area contributed by atoms with Gasteiger partial charge in [-0.2, -0.15) is 0 Å². The second-order valence-electron chi connectivity index (χ2n) is 6.21. The number of esters is 1. The van der Waals surface area contributed by atoms with Gasteiger partial charge in [0.25, 0.3) is 0 Å². The average molecular weight is 336 g/mol. The summed E-state index contributed by atoms with van der Waals surface area (Å²) < 4.78 is 4.85. The number of aromatic nitrogens is 1. The average Bonchev–Trinajstić information content (AvgIpc) is 3.03. The van der Waals surface area contributed by atoms with E-state index in [0.717, 1.165) is 48.0 Å². The number of nitrogens with zero attached hydrogens (tertiary/aromatic N) is 1. The Morgan fingerprint density at radius 1 is 1.36 bits per heavy atom. The standard InChI is InChI=1S/C21H24N2O2/c1-4-16-8-7-12-23(14-16)13-11-18-17-9-5-6-10-19(17)22-20(18)15(2)21(24)25-3/h5-7,9-10,12,14,22H,2,4,8,11,13H2,1,3H3. The molecule has 130 valence electrons. The van der Waals surface area contributed by atoms with Crippen LogP contribution in [0.15, 0.2) is 54.9 Å². The monoisotopic (exact) mass is 336 g/mol. The van der Waals surface area contributed by atoms with Crippen LogP contribution in [0, 0.1) is 0 Å². The van der Waals surface area contributed by atoms with E-state index in [4.69, 9.17) is 4.74 Å². The highest BCUT2D eigenvalue weighted by Crippen LogP contribution is 2.28. The van der Waals surface area contributed by atoms with E-state index in [0.29, 0.717) is 5.57 Å². The van der Waals surface area contributed by atoms with E-state index in [1.165, 1.54) is 12.7 Å². The fourth-order valence-electron chi connectivity index (χ4n) is 3.23. The molecule has 0 spiro atoms. The van der Waals surface area contributed by atoms with Crippen molar-refractivity contribution in [2.75, 3.05) is 13.7 Å². The largest absolute Gasteiger partial charge is 0.465 e. The van der Waals surface area contributed by atoms with Crippen molar-refractivity contribution in [1.29, 1.82) is 0 Å². The van der Waals surface area contributed by atoms with Crippen LogP contribution in [0.2, 0.25) is 0 Å². The number of benzene rings is 1. The third kappa shape index (κ3) is 3.53. The van der Waals surface area contributed by atoms with Crippen LogP contribution in [-0.4, -0.2) is 29.5 Å². The lowest BCUT2D eigenvalue weighted by molar-refractivity contribution is -0.133. The van der Waals surface area contributed by atoms with E-state index in [-0.39, 0.29) is 0 Å². The summed E-state index contributed by atoms with van der Waals surface area (Å²) in [4.78, 5) is 17.5. The summed E-state index contributed by atoms with van der Waals surface area (Å²) in [5, 5.41) is 1.13. The molecule has 0 atom stereocenters. The van der Waals surface area contributed by atoms with Gasteiger partial charge in [-0.25, -0.2) is 4.79 Å². The van der Waals surface area contributed by atoms with Gasteiger partial charge in [-0.3, -0.25) is 0 Å². The Bertz CT molecular complexity index is 858. The number of methoxy groups -OCH3 is 1. The van der Waals surface area contributed by atoms with Gasteiger partial charge in [0.15, 0.2) is 0 Å². The number of ether oxygens (including phenoxy) is 1. The van der Waals surface area contributed by atoms with Crippen LogP contribution in [0.25, 0.3) is 16.5 Å². The van der Waals surface area contributed by atoms with Crippen LogP contribution in [0.3, 0.4) is 0 Å². The molecule has 25 heavy (non-hydrogen) atoms. The summed E-state index contributed by atoms with van der Waals surface area (Å²) in [5.74, 6) is -0.404. The smallest absolute Gasteiger partial charge is 0.339 e. The molecule has 1 aliphatic heterocycles. The van der Waals surface area contributed by atoms with Crippen molar-refractivity contribution in [2.24, 2.45) is 0 Å². The Kier molecular flexibility index (Phi) is 5.08. The number of nitrogens with one attached hydrogen (secondary N) is 1. The summed E-state index contributed by atoms with van der Waals surface area (Å²) in [7, 11) is 1.38. The van der Waals surface area contributed by atoms with Gasteiger partial charge in [-0.1, -0.05) is 43.4 Å². The number of aromatic amines is 1. The molecule has 2 aromatic rings. The van der Waals surface area contributed by atoms with E-state index in [1.807, 2.05) is 18.2 Å². The molecule has 0 bridgehead atoms. The zero-order valence-corrected chi connectivity index (χ0v) is 14.8. The first kappa shape index (κ1) is 17.1. The van der Waals surface area contributed by atoms with Crippen LogP contribution in [0.1, 0.15) is 31.0 Å². The summed E-state index contributed by atoms with van der Waals surface area (Å²) in [6, 6.07) is 8.09. The molecule has 0 radical (unpaired) electrons. The zero-order chi connectivity index (χ0) is 17.8. The Morgan fingerprint density at radius 2 is 2.16 bits per heavy atom. The van der Waals surface area contributed by atoms with Crippen LogP contribution >= 0.6 is 0 Å². The number of hydrogen-bond acceptors (Lipinski definition) is 3. The number of carbonyl (C=O) groups is 1. The van der Waals surface area contributed by atoms with Crippen LogP contribution < -0.4 is 0 Å². The minimum atomic E-state index is -0.404. The Balaban J connectivity index is 1.90. The summed E-state index contributed by atoms with van der Waals surface area (Å²) >= 11 is 0. The second kappa shape index (κ2) is 7.43. The van der Waals surface area contributed by atoms with Crippen molar-refractivity contribution >= 4 is 22.4 Å². The number of hydrogen-bond donors (Lipinski definition) is 1. The molecule has 0 amide bonds. The molecule has 3 rings (SSSR count). The van der Waals surface area contributed by atoms with Crippen LogP contribution in [0.4, 0.5) is 0 Å². The molecule has 1 aliphatic rings. The molecule has 0 fully saturated rings. The zero-order valence-electron chi connectivity index (χ0n) is 14.8. The number of carbonyl (C=O) groups excluding carboxylic acids is 1. The topological polar surface area (TPSA) is 45.3 Å².